The molecule has 55 heavy (non-hydrogen) atoms. The van der Waals surface area contributed by atoms with E-state index in [1.807, 2.05) is 79.0 Å². The van der Waals surface area contributed by atoms with Crippen molar-refractivity contribution in [1.82, 2.24) is 19.9 Å². The summed E-state index contributed by atoms with van der Waals surface area (Å²) in [7, 11) is 0. The van der Waals surface area contributed by atoms with Crippen molar-refractivity contribution in [2.24, 2.45) is 0 Å². The lowest BCUT2D eigenvalue weighted by Crippen LogP contribution is -2.28. The van der Waals surface area contributed by atoms with Crippen LogP contribution in [0, 0.1) is 0 Å². The lowest BCUT2D eigenvalue weighted by Gasteiger charge is -2.34. The van der Waals surface area contributed by atoms with E-state index >= 15 is 0 Å². The number of aromatic nitrogens is 4. The van der Waals surface area contributed by atoms with E-state index in [2.05, 4.69) is 127 Å². The predicted octanol–water partition coefficient (Wildman–Crippen LogP) is 12.0. The van der Waals surface area contributed by atoms with Gasteiger partial charge in [0.2, 0.25) is 0 Å². The molecule has 0 bridgehead atoms. The molecule has 1 aliphatic rings. The minimum Gasteiger partial charge on any atom is -0.256 e. The molecule has 0 fully saturated rings. The molecule has 1 atom stereocenters. The van der Waals surface area contributed by atoms with Gasteiger partial charge in [0.1, 0.15) is 0 Å². The van der Waals surface area contributed by atoms with Crippen molar-refractivity contribution in [2.45, 2.75) is 5.41 Å². The van der Waals surface area contributed by atoms with E-state index in [9.17, 15) is 0 Å². The smallest absolute Gasteiger partial charge is 0.164 e. The Morgan fingerprint density at radius 3 is 1.36 bits per heavy atom. The molecule has 1 aliphatic carbocycles. The van der Waals surface area contributed by atoms with Crippen molar-refractivity contribution >= 4 is 0 Å². The number of nitrogens with zero attached hydrogens (tertiary/aromatic N) is 4. The molecule has 2 heterocycles. The first kappa shape index (κ1) is 32.4. The third-order valence-electron chi connectivity index (χ3n) is 10.7. The van der Waals surface area contributed by atoms with Crippen LogP contribution in [0.4, 0.5) is 0 Å². The molecule has 0 amide bonds. The highest BCUT2D eigenvalue weighted by Crippen LogP contribution is 2.56. The fourth-order valence-corrected chi connectivity index (χ4v) is 8.11. The maximum Gasteiger partial charge on any atom is 0.164 e. The van der Waals surface area contributed by atoms with Crippen molar-refractivity contribution in [3.05, 3.63) is 229 Å². The van der Waals surface area contributed by atoms with Crippen LogP contribution in [0.3, 0.4) is 0 Å². The molecular formula is C51H34N4. The van der Waals surface area contributed by atoms with Crippen LogP contribution < -0.4 is 0 Å². The van der Waals surface area contributed by atoms with Crippen molar-refractivity contribution in [1.29, 1.82) is 0 Å². The van der Waals surface area contributed by atoms with Gasteiger partial charge < -0.3 is 0 Å². The first-order valence-corrected chi connectivity index (χ1v) is 18.6. The molecule has 10 rings (SSSR count). The van der Waals surface area contributed by atoms with Gasteiger partial charge in [0.15, 0.2) is 17.5 Å². The minimum absolute atomic E-state index is 0.508. The molecule has 4 nitrogen and oxygen atoms in total. The molecule has 258 valence electrons. The summed E-state index contributed by atoms with van der Waals surface area (Å²) in [6.07, 6.45) is 1.86. The molecule has 0 aliphatic heterocycles. The van der Waals surface area contributed by atoms with Gasteiger partial charge in [0.25, 0.3) is 0 Å². The first-order chi connectivity index (χ1) is 27.3. The van der Waals surface area contributed by atoms with Gasteiger partial charge in [-0.05, 0) is 62.7 Å². The molecule has 7 aromatic carbocycles. The largest absolute Gasteiger partial charge is 0.256 e. The maximum absolute atomic E-state index is 4.93. The Morgan fingerprint density at radius 1 is 0.309 bits per heavy atom. The molecule has 1 unspecified atom stereocenters. The zero-order valence-electron chi connectivity index (χ0n) is 29.9. The number of hydrogen-bond donors (Lipinski definition) is 0. The molecule has 0 radical (unpaired) electrons. The summed E-state index contributed by atoms with van der Waals surface area (Å²) in [4.78, 5) is 19.4. The normalized spacial score (nSPS) is 14.3. The Balaban J connectivity index is 1.06. The summed E-state index contributed by atoms with van der Waals surface area (Å²) in [6.45, 7) is 0. The Kier molecular flexibility index (Phi) is 8.00. The van der Waals surface area contributed by atoms with E-state index in [0.717, 1.165) is 39.1 Å². The molecule has 0 saturated heterocycles. The lowest BCUT2D eigenvalue weighted by molar-refractivity contribution is 0.769. The Bertz CT molecular complexity index is 2710. The predicted molar refractivity (Wildman–Crippen MR) is 222 cm³/mol. The van der Waals surface area contributed by atoms with Crippen molar-refractivity contribution in [3.63, 3.8) is 0 Å². The zero-order chi connectivity index (χ0) is 36.6. The summed E-state index contributed by atoms with van der Waals surface area (Å²) in [6, 6.07) is 70.5. The topological polar surface area (TPSA) is 51.6 Å². The average molecular weight is 703 g/mol. The van der Waals surface area contributed by atoms with Crippen LogP contribution in [-0.2, 0) is 5.41 Å². The van der Waals surface area contributed by atoms with Gasteiger partial charge in [-0.3, -0.25) is 4.98 Å². The van der Waals surface area contributed by atoms with E-state index in [0.29, 0.717) is 17.5 Å². The van der Waals surface area contributed by atoms with Crippen LogP contribution in [0.2, 0.25) is 0 Å². The number of pyridine rings is 1. The standard InChI is InChI=1S/C51H34N4/c1-4-14-37(15-5-1)48-53-49(38-16-6-2-7-17-38)55-50(54-48)39-25-23-35(24-26-39)36-27-30-42(31-28-36)51(41-18-8-3-9-19-41)45-21-11-10-20-43(45)44-32-29-40(34-46(44)51)47-22-12-13-33-52-47/h1-34H. The average Bonchev–Trinajstić information content (AvgIpc) is 3.58. The van der Waals surface area contributed by atoms with Gasteiger partial charge in [0, 0.05) is 28.5 Å². The summed E-state index contributed by atoms with van der Waals surface area (Å²) < 4.78 is 0. The van der Waals surface area contributed by atoms with Crippen LogP contribution in [0.25, 0.3) is 67.7 Å². The Morgan fingerprint density at radius 2 is 0.764 bits per heavy atom. The van der Waals surface area contributed by atoms with E-state index in [1.54, 1.807) is 0 Å². The second kappa shape index (κ2) is 13.6. The maximum atomic E-state index is 4.93. The van der Waals surface area contributed by atoms with E-state index < -0.39 is 5.41 Å². The van der Waals surface area contributed by atoms with Crippen molar-refractivity contribution in [3.8, 4) is 67.7 Å². The summed E-state index contributed by atoms with van der Waals surface area (Å²) in [5.41, 5.74) is 14.2. The molecule has 4 heteroatoms. The quantitative estimate of drug-likeness (QED) is 0.166. The van der Waals surface area contributed by atoms with Gasteiger partial charge in [-0.2, -0.15) is 0 Å². The van der Waals surface area contributed by atoms with Crippen LogP contribution >= 0.6 is 0 Å². The number of benzene rings is 7. The Hall–Kier alpha value is -7.30. The minimum atomic E-state index is -0.508. The molecule has 2 aromatic heterocycles. The molecule has 0 N–H and O–H groups in total. The van der Waals surface area contributed by atoms with Crippen LogP contribution in [0.15, 0.2) is 206 Å². The number of hydrogen-bond acceptors (Lipinski definition) is 4. The summed E-state index contributed by atoms with van der Waals surface area (Å²) >= 11 is 0. The second-order valence-electron chi connectivity index (χ2n) is 13.8. The fraction of sp³-hybridized carbons (Fsp3) is 0.0196. The van der Waals surface area contributed by atoms with Crippen LogP contribution in [0.1, 0.15) is 22.3 Å². The summed E-state index contributed by atoms with van der Waals surface area (Å²) in [5.74, 6) is 1.94. The number of rotatable bonds is 7. The first-order valence-electron chi connectivity index (χ1n) is 18.6. The van der Waals surface area contributed by atoms with E-state index in [1.165, 1.54) is 33.4 Å². The molecule has 9 aromatic rings. The fourth-order valence-electron chi connectivity index (χ4n) is 8.11. The van der Waals surface area contributed by atoms with Crippen molar-refractivity contribution < 1.29 is 0 Å². The van der Waals surface area contributed by atoms with Gasteiger partial charge in [-0.1, -0.05) is 182 Å². The monoisotopic (exact) mass is 702 g/mol. The van der Waals surface area contributed by atoms with Crippen LogP contribution in [-0.4, -0.2) is 19.9 Å². The van der Waals surface area contributed by atoms with E-state index in [-0.39, 0.29) is 0 Å². The highest BCUT2D eigenvalue weighted by atomic mass is 15.0. The van der Waals surface area contributed by atoms with Gasteiger partial charge in [-0.25, -0.2) is 15.0 Å². The highest BCUT2D eigenvalue weighted by Gasteiger charge is 2.46. The van der Waals surface area contributed by atoms with E-state index in [4.69, 9.17) is 19.9 Å². The molecule has 0 saturated carbocycles. The second-order valence-corrected chi connectivity index (χ2v) is 13.8. The third-order valence-corrected chi connectivity index (χ3v) is 10.7. The van der Waals surface area contributed by atoms with Crippen LogP contribution in [0.5, 0.6) is 0 Å². The lowest BCUT2D eigenvalue weighted by atomic mass is 9.67. The molecular weight excluding hydrogens is 669 g/mol. The Labute approximate surface area is 320 Å². The SMILES string of the molecule is c1ccc(-c2nc(-c3ccccc3)nc(-c3ccc(-c4ccc(C5(c6ccccc6)c6ccccc6-c6ccc(-c7ccccn7)cc65)cc4)cc3)n2)cc1. The summed E-state index contributed by atoms with van der Waals surface area (Å²) in [5, 5.41) is 0. The zero-order valence-corrected chi connectivity index (χ0v) is 29.9. The third kappa shape index (κ3) is 5.63. The van der Waals surface area contributed by atoms with Gasteiger partial charge in [0.05, 0.1) is 11.1 Å². The highest BCUT2D eigenvalue weighted by molar-refractivity contribution is 5.88. The van der Waals surface area contributed by atoms with Crippen molar-refractivity contribution in [2.75, 3.05) is 0 Å². The van der Waals surface area contributed by atoms with Gasteiger partial charge in [-0.15, -0.1) is 0 Å². The number of fused-ring (bicyclic) bond motifs is 3. The van der Waals surface area contributed by atoms with Gasteiger partial charge >= 0.3 is 0 Å². The molecule has 0 spiro atoms.